The number of nitrogens with one attached hydrogen (secondary N) is 2. The zero-order valence-corrected chi connectivity index (χ0v) is 16.9. The van der Waals surface area contributed by atoms with Gasteiger partial charge in [-0.25, -0.2) is 8.42 Å². The van der Waals surface area contributed by atoms with Gasteiger partial charge in [0.25, 0.3) is 10.0 Å². The van der Waals surface area contributed by atoms with Crippen LogP contribution in [0.25, 0.3) is 22.0 Å². The Hall–Kier alpha value is -3.05. The van der Waals surface area contributed by atoms with Gasteiger partial charge in [-0.2, -0.15) is 0 Å². The van der Waals surface area contributed by atoms with Crippen molar-refractivity contribution in [2.75, 3.05) is 4.72 Å². The van der Waals surface area contributed by atoms with Crippen molar-refractivity contribution in [3.8, 4) is 11.1 Å². The minimum Gasteiger partial charge on any atom is -0.361 e. The minimum atomic E-state index is -3.64. The van der Waals surface area contributed by atoms with E-state index in [9.17, 15) is 8.42 Å². The van der Waals surface area contributed by atoms with E-state index in [4.69, 9.17) is 0 Å². The first-order valence-electron chi connectivity index (χ1n) is 9.12. The number of rotatable bonds is 4. The first kappa shape index (κ1) is 18.3. The van der Waals surface area contributed by atoms with E-state index in [-0.39, 0.29) is 4.90 Å². The van der Waals surface area contributed by atoms with Gasteiger partial charge in [0, 0.05) is 28.4 Å². The van der Waals surface area contributed by atoms with Gasteiger partial charge in [0.15, 0.2) is 0 Å². The van der Waals surface area contributed by atoms with Gasteiger partial charge in [-0.15, -0.1) is 0 Å². The number of benzene rings is 3. The fourth-order valence-corrected chi connectivity index (χ4v) is 4.41. The van der Waals surface area contributed by atoms with E-state index in [1.54, 1.807) is 30.3 Å². The molecule has 1 heterocycles. The zero-order chi connectivity index (χ0) is 19.9. The van der Waals surface area contributed by atoms with Gasteiger partial charge in [-0.1, -0.05) is 35.4 Å². The number of aryl methyl sites for hydroxylation is 3. The van der Waals surface area contributed by atoms with Gasteiger partial charge in [0.2, 0.25) is 0 Å². The quantitative estimate of drug-likeness (QED) is 0.479. The van der Waals surface area contributed by atoms with Crippen molar-refractivity contribution < 1.29 is 8.42 Å². The smallest absolute Gasteiger partial charge is 0.261 e. The summed E-state index contributed by atoms with van der Waals surface area (Å²) in [5, 5.41) is 1.13. The average Bonchev–Trinajstić information content (AvgIpc) is 3.06. The Morgan fingerprint density at radius 3 is 2.25 bits per heavy atom. The molecule has 142 valence electrons. The molecule has 0 aliphatic carbocycles. The molecule has 2 N–H and O–H groups in total. The maximum Gasteiger partial charge on any atom is 0.261 e. The molecule has 0 bridgehead atoms. The van der Waals surface area contributed by atoms with Crippen molar-refractivity contribution in [3.05, 3.63) is 83.6 Å². The molecular formula is C23H22N2O2S. The normalized spacial score (nSPS) is 11.7. The number of H-pyrrole nitrogens is 1. The number of aromatic amines is 1. The van der Waals surface area contributed by atoms with E-state index >= 15 is 0 Å². The highest BCUT2D eigenvalue weighted by molar-refractivity contribution is 7.92. The highest BCUT2D eigenvalue weighted by Gasteiger charge is 2.16. The van der Waals surface area contributed by atoms with Crippen molar-refractivity contribution in [1.29, 1.82) is 0 Å². The number of sulfonamides is 1. The second-order valence-corrected chi connectivity index (χ2v) is 8.88. The second-order valence-electron chi connectivity index (χ2n) is 7.20. The summed E-state index contributed by atoms with van der Waals surface area (Å²) in [5.74, 6) is 0. The molecule has 0 aliphatic rings. The molecule has 0 unspecified atom stereocenters. The van der Waals surface area contributed by atoms with Crippen LogP contribution in [-0.4, -0.2) is 13.4 Å². The van der Waals surface area contributed by atoms with Gasteiger partial charge < -0.3 is 4.98 Å². The third-order valence-corrected chi connectivity index (χ3v) is 6.35. The Morgan fingerprint density at radius 2 is 1.50 bits per heavy atom. The average molecular weight is 391 g/mol. The third-order valence-electron chi connectivity index (χ3n) is 4.95. The molecular weight excluding hydrogens is 368 g/mol. The molecule has 4 nitrogen and oxygen atoms in total. The highest BCUT2D eigenvalue weighted by atomic mass is 32.2. The lowest BCUT2D eigenvalue weighted by atomic mass is 9.99. The van der Waals surface area contributed by atoms with Crippen LogP contribution in [0, 0.1) is 20.8 Å². The lowest BCUT2D eigenvalue weighted by Gasteiger charge is -2.12. The molecule has 0 saturated carbocycles. The maximum atomic E-state index is 12.7. The van der Waals surface area contributed by atoms with Gasteiger partial charge in [0.05, 0.1) is 4.90 Å². The van der Waals surface area contributed by atoms with Gasteiger partial charge in [-0.3, -0.25) is 4.72 Å². The predicted octanol–water partition coefficient (Wildman–Crippen LogP) is 5.56. The topological polar surface area (TPSA) is 62.0 Å². The standard InChI is InChI=1S/C23H22N2O2S/c1-15-4-9-19(10-5-15)28(26,27)25-18-8-7-17(3)20(13-18)22-14-24-23-11-6-16(2)12-21(22)23/h4-14,24-25H,1-3H3. The Bertz CT molecular complexity index is 1270. The molecule has 28 heavy (non-hydrogen) atoms. The first-order chi connectivity index (χ1) is 13.3. The first-order valence-corrected chi connectivity index (χ1v) is 10.6. The van der Waals surface area contributed by atoms with Crippen molar-refractivity contribution in [2.45, 2.75) is 25.7 Å². The second kappa shape index (κ2) is 6.84. The summed E-state index contributed by atoms with van der Waals surface area (Å²) >= 11 is 0. The Balaban J connectivity index is 1.75. The molecule has 5 heteroatoms. The fraction of sp³-hybridized carbons (Fsp3) is 0.130. The van der Waals surface area contributed by atoms with Crippen LogP contribution in [0.2, 0.25) is 0 Å². The molecule has 0 atom stereocenters. The summed E-state index contributed by atoms with van der Waals surface area (Å²) in [4.78, 5) is 3.55. The largest absolute Gasteiger partial charge is 0.361 e. The molecule has 0 spiro atoms. The van der Waals surface area contributed by atoms with E-state index in [0.29, 0.717) is 5.69 Å². The summed E-state index contributed by atoms with van der Waals surface area (Å²) in [6.45, 7) is 6.02. The van der Waals surface area contributed by atoms with Crippen LogP contribution in [0.15, 0.2) is 71.8 Å². The summed E-state index contributed by atoms with van der Waals surface area (Å²) in [7, 11) is -3.64. The van der Waals surface area contributed by atoms with Crippen LogP contribution in [0.1, 0.15) is 16.7 Å². The minimum absolute atomic E-state index is 0.253. The Kier molecular flexibility index (Phi) is 4.47. The van der Waals surface area contributed by atoms with E-state index in [0.717, 1.165) is 33.2 Å². The lowest BCUT2D eigenvalue weighted by molar-refractivity contribution is 0.601. The monoisotopic (exact) mass is 390 g/mol. The molecule has 0 aliphatic heterocycles. The van der Waals surface area contributed by atoms with Crippen LogP contribution >= 0.6 is 0 Å². The van der Waals surface area contributed by atoms with Gasteiger partial charge in [-0.05, 0) is 68.3 Å². The van der Waals surface area contributed by atoms with Crippen LogP contribution in [0.3, 0.4) is 0 Å². The molecule has 4 rings (SSSR count). The van der Waals surface area contributed by atoms with Crippen molar-refractivity contribution in [3.63, 3.8) is 0 Å². The number of hydrogen-bond acceptors (Lipinski definition) is 2. The maximum absolute atomic E-state index is 12.7. The number of hydrogen-bond donors (Lipinski definition) is 2. The van der Waals surface area contributed by atoms with Crippen LogP contribution in [-0.2, 0) is 10.0 Å². The van der Waals surface area contributed by atoms with Crippen LogP contribution in [0.4, 0.5) is 5.69 Å². The fourth-order valence-electron chi connectivity index (χ4n) is 3.36. The number of fused-ring (bicyclic) bond motifs is 1. The zero-order valence-electron chi connectivity index (χ0n) is 16.1. The summed E-state index contributed by atoms with van der Waals surface area (Å²) in [5.41, 5.74) is 6.96. The molecule has 4 aromatic rings. The van der Waals surface area contributed by atoms with Crippen molar-refractivity contribution in [2.24, 2.45) is 0 Å². The van der Waals surface area contributed by atoms with Gasteiger partial charge in [0.1, 0.15) is 0 Å². The van der Waals surface area contributed by atoms with E-state index in [1.807, 2.05) is 32.2 Å². The molecule has 0 fully saturated rings. The summed E-state index contributed by atoms with van der Waals surface area (Å²) < 4.78 is 28.2. The molecule has 0 amide bonds. The van der Waals surface area contributed by atoms with E-state index in [1.165, 1.54) is 5.56 Å². The predicted molar refractivity (Wildman–Crippen MR) is 115 cm³/mol. The molecule has 1 aromatic heterocycles. The third kappa shape index (κ3) is 3.41. The van der Waals surface area contributed by atoms with Crippen molar-refractivity contribution >= 4 is 26.6 Å². The van der Waals surface area contributed by atoms with Gasteiger partial charge >= 0.3 is 0 Å². The number of anilines is 1. The van der Waals surface area contributed by atoms with Crippen molar-refractivity contribution in [1.82, 2.24) is 4.98 Å². The van der Waals surface area contributed by atoms with E-state index < -0.39 is 10.0 Å². The highest BCUT2D eigenvalue weighted by Crippen LogP contribution is 2.33. The van der Waals surface area contributed by atoms with E-state index in [2.05, 4.69) is 34.8 Å². The molecule has 0 saturated heterocycles. The number of aromatic nitrogens is 1. The summed E-state index contributed by atoms with van der Waals surface area (Å²) in [6, 6.07) is 18.7. The Labute approximate surface area is 165 Å². The molecule has 3 aromatic carbocycles. The van der Waals surface area contributed by atoms with Crippen LogP contribution < -0.4 is 4.72 Å². The van der Waals surface area contributed by atoms with Crippen LogP contribution in [0.5, 0.6) is 0 Å². The Morgan fingerprint density at radius 1 is 0.786 bits per heavy atom. The lowest BCUT2D eigenvalue weighted by Crippen LogP contribution is -2.13. The SMILES string of the molecule is Cc1ccc(S(=O)(=O)Nc2ccc(C)c(-c3c[nH]c4ccc(C)cc34)c2)cc1. The molecule has 0 radical (unpaired) electrons. The summed E-state index contributed by atoms with van der Waals surface area (Å²) in [6.07, 6.45) is 1.98.